The molecule has 0 radical (unpaired) electrons. The fourth-order valence-corrected chi connectivity index (χ4v) is 5.62. The maximum absolute atomic E-state index is 13.9. The molecule has 0 unspecified atom stereocenters. The van der Waals surface area contributed by atoms with Crippen molar-refractivity contribution in [2.75, 3.05) is 4.90 Å². The van der Waals surface area contributed by atoms with Crippen molar-refractivity contribution in [3.05, 3.63) is 99.3 Å². The molecule has 3 aromatic heterocycles. The van der Waals surface area contributed by atoms with Gasteiger partial charge in [-0.1, -0.05) is 18.2 Å². The van der Waals surface area contributed by atoms with E-state index in [0.717, 1.165) is 11.1 Å². The molecule has 180 valence electrons. The van der Waals surface area contributed by atoms with E-state index >= 15 is 0 Å². The highest BCUT2D eigenvalue weighted by molar-refractivity contribution is 6.38. The van der Waals surface area contributed by atoms with Gasteiger partial charge >= 0.3 is 0 Å². The number of hydrogen-bond donors (Lipinski definition) is 0. The molecule has 8 heteroatoms. The number of para-hydroxylation sites is 1. The molecule has 0 saturated heterocycles. The Hall–Kier alpha value is -5.24. The van der Waals surface area contributed by atoms with Crippen LogP contribution in [-0.2, 0) is 0 Å². The maximum atomic E-state index is 13.9. The van der Waals surface area contributed by atoms with Gasteiger partial charge in [-0.2, -0.15) is 0 Å². The van der Waals surface area contributed by atoms with Crippen molar-refractivity contribution in [1.82, 2.24) is 19.4 Å². The number of amides is 2. The first-order valence-corrected chi connectivity index (χ1v) is 12.2. The van der Waals surface area contributed by atoms with E-state index in [9.17, 15) is 14.4 Å². The number of benzene rings is 4. The second-order valence-electron chi connectivity index (χ2n) is 9.72. The number of nitrogens with zero attached hydrogens (tertiary/aromatic N) is 5. The molecule has 0 spiro atoms. The van der Waals surface area contributed by atoms with Crippen LogP contribution in [0.5, 0.6) is 0 Å². The van der Waals surface area contributed by atoms with Gasteiger partial charge < -0.3 is 0 Å². The molecule has 2 amide bonds. The average molecular weight is 495 g/mol. The second kappa shape index (κ2) is 6.95. The molecule has 38 heavy (non-hydrogen) atoms. The van der Waals surface area contributed by atoms with Gasteiger partial charge in [0.05, 0.1) is 16.7 Å². The summed E-state index contributed by atoms with van der Waals surface area (Å²) in [6.07, 6.45) is 0. The number of fused-ring (bicyclic) bond motifs is 5. The Morgan fingerprint density at radius 2 is 1.26 bits per heavy atom. The van der Waals surface area contributed by atoms with Gasteiger partial charge in [0.15, 0.2) is 16.9 Å². The van der Waals surface area contributed by atoms with Crippen LogP contribution in [0.25, 0.3) is 49.5 Å². The first kappa shape index (κ1) is 20.9. The molecule has 0 aliphatic carbocycles. The summed E-state index contributed by atoms with van der Waals surface area (Å²) in [5, 5.41) is 2.08. The number of carbonyl (C=O) groups is 2. The smallest absolute Gasteiger partial charge is 0.266 e. The lowest BCUT2D eigenvalue weighted by atomic mass is 9.90. The monoisotopic (exact) mass is 495 g/mol. The Bertz CT molecular complexity index is 2250. The van der Waals surface area contributed by atoms with E-state index in [2.05, 4.69) is 0 Å². The first-order chi connectivity index (χ1) is 18.4. The summed E-state index contributed by atoms with van der Waals surface area (Å²) in [5.41, 5.74) is 5.62. The van der Waals surface area contributed by atoms with Gasteiger partial charge in [0.25, 0.3) is 17.4 Å². The lowest BCUT2D eigenvalue weighted by Gasteiger charge is -2.27. The van der Waals surface area contributed by atoms with E-state index in [1.807, 2.05) is 32.0 Å². The van der Waals surface area contributed by atoms with Crippen LogP contribution in [-0.4, -0.2) is 31.2 Å². The predicted molar refractivity (Wildman–Crippen MR) is 145 cm³/mol. The van der Waals surface area contributed by atoms with Crippen LogP contribution < -0.4 is 10.5 Å². The maximum Gasteiger partial charge on any atom is 0.266 e. The molecular formula is C30H17N5O3. The number of imide groups is 1. The zero-order valence-corrected chi connectivity index (χ0v) is 20.3. The fraction of sp³-hybridized carbons (Fsp3) is 0.0667. The summed E-state index contributed by atoms with van der Waals surface area (Å²) in [7, 11) is 0. The molecule has 0 fully saturated rings. The third kappa shape index (κ3) is 2.48. The van der Waals surface area contributed by atoms with Crippen molar-refractivity contribution in [3.8, 4) is 0 Å². The molecular weight excluding hydrogens is 478 g/mol. The first-order valence-electron chi connectivity index (χ1n) is 12.2. The third-order valence-corrected chi connectivity index (χ3v) is 7.60. The van der Waals surface area contributed by atoms with Gasteiger partial charge in [0.1, 0.15) is 0 Å². The molecule has 1 aliphatic rings. The van der Waals surface area contributed by atoms with E-state index in [1.54, 1.807) is 48.5 Å². The lowest BCUT2D eigenvalue weighted by Crippen LogP contribution is -2.40. The van der Waals surface area contributed by atoms with Gasteiger partial charge in [-0.25, -0.2) is 24.3 Å². The fourth-order valence-electron chi connectivity index (χ4n) is 5.62. The van der Waals surface area contributed by atoms with Gasteiger partial charge in [0, 0.05) is 32.7 Å². The predicted octanol–water partition coefficient (Wildman–Crippen LogP) is 4.95. The van der Waals surface area contributed by atoms with E-state index < -0.39 is 11.8 Å². The molecule has 1 aliphatic heterocycles. The van der Waals surface area contributed by atoms with Crippen molar-refractivity contribution in [2.24, 2.45) is 0 Å². The lowest BCUT2D eigenvalue weighted by molar-refractivity contribution is 0.0893. The number of hydrogen-bond acceptors (Lipinski definition) is 6. The normalized spacial score (nSPS) is 13.7. The minimum absolute atomic E-state index is 0.318. The van der Waals surface area contributed by atoms with Crippen LogP contribution >= 0.6 is 0 Å². The SMILES string of the molecule is Cc1cc2nc3nc4c5ccc6c7c(ccc(c(=O)n4c3nc2cc1C)c75)C(=O)N(c1ccccc1)C6=O. The summed E-state index contributed by atoms with van der Waals surface area (Å²) in [5.74, 6) is -0.853. The Morgan fingerprint density at radius 1 is 0.632 bits per heavy atom. The summed E-state index contributed by atoms with van der Waals surface area (Å²) < 4.78 is 1.49. The number of aryl methyl sites for hydroxylation is 2. The molecule has 0 saturated carbocycles. The molecule has 8 rings (SSSR count). The standard InChI is InChI=1S/C30H17N5O3/c1-14-12-21-22(13-15(14)2)32-27-25(31-21)33-26-17-8-9-19-24-20(11-10-18(23(17)24)30(38)35(26)27)29(37)34(28(19)36)16-6-4-3-5-7-16/h3-13H,1-2H3. The number of anilines is 1. The number of carbonyl (C=O) groups excluding carboxylic acids is 2. The Balaban J connectivity index is 1.49. The highest BCUT2D eigenvalue weighted by atomic mass is 16.2. The molecule has 0 N–H and O–H groups in total. The van der Waals surface area contributed by atoms with Crippen molar-refractivity contribution in [1.29, 1.82) is 0 Å². The van der Waals surface area contributed by atoms with Crippen LogP contribution in [0.1, 0.15) is 31.8 Å². The Kier molecular flexibility index (Phi) is 3.82. The molecule has 0 bridgehead atoms. The topological polar surface area (TPSA) is 97.5 Å². The number of imidazole rings is 1. The van der Waals surface area contributed by atoms with Crippen LogP contribution in [0.2, 0.25) is 0 Å². The van der Waals surface area contributed by atoms with E-state index in [1.165, 1.54) is 9.30 Å². The molecule has 0 atom stereocenters. The number of pyridine rings is 1. The molecule has 8 nitrogen and oxygen atoms in total. The largest absolute Gasteiger partial charge is 0.268 e. The van der Waals surface area contributed by atoms with Gasteiger partial charge in [-0.05, 0) is 73.5 Å². The highest BCUT2D eigenvalue weighted by Crippen LogP contribution is 2.38. The Morgan fingerprint density at radius 3 is 1.95 bits per heavy atom. The van der Waals surface area contributed by atoms with E-state index in [4.69, 9.17) is 15.0 Å². The van der Waals surface area contributed by atoms with Crippen molar-refractivity contribution < 1.29 is 9.59 Å². The average Bonchev–Trinajstić information content (AvgIpc) is 3.29. The summed E-state index contributed by atoms with van der Waals surface area (Å²) in [6, 6.07) is 19.5. The summed E-state index contributed by atoms with van der Waals surface area (Å²) in [4.78, 5) is 56.4. The van der Waals surface area contributed by atoms with E-state index in [-0.39, 0.29) is 5.56 Å². The highest BCUT2D eigenvalue weighted by Gasteiger charge is 2.35. The molecule has 4 heterocycles. The van der Waals surface area contributed by atoms with Gasteiger partial charge in [-0.15, -0.1) is 0 Å². The summed E-state index contributed by atoms with van der Waals surface area (Å²) >= 11 is 0. The van der Waals surface area contributed by atoms with Crippen LogP contribution in [0.3, 0.4) is 0 Å². The van der Waals surface area contributed by atoms with Crippen molar-refractivity contribution in [2.45, 2.75) is 13.8 Å². The third-order valence-electron chi connectivity index (χ3n) is 7.60. The minimum atomic E-state index is -0.427. The summed E-state index contributed by atoms with van der Waals surface area (Å²) in [6.45, 7) is 4.02. The quantitative estimate of drug-likeness (QED) is 0.299. The second-order valence-corrected chi connectivity index (χ2v) is 9.72. The Labute approximate surface area is 214 Å². The van der Waals surface area contributed by atoms with Crippen molar-refractivity contribution >= 4 is 67.0 Å². The molecule has 7 aromatic rings. The number of aromatic nitrogens is 4. The van der Waals surface area contributed by atoms with E-state index in [0.29, 0.717) is 66.3 Å². The zero-order valence-electron chi connectivity index (χ0n) is 20.3. The van der Waals surface area contributed by atoms with Crippen LogP contribution in [0.15, 0.2) is 71.5 Å². The van der Waals surface area contributed by atoms with Gasteiger partial charge in [-0.3, -0.25) is 14.4 Å². The zero-order chi connectivity index (χ0) is 25.9. The number of rotatable bonds is 1. The molecule has 4 aromatic carbocycles. The van der Waals surface area contributed by atoms with Crippen LogP contribution in [0.4, 0.5) is 5.69 Å². The van der Waals surface area contributed by atoms with Crippen LogP contribution in [0, 0.1) is 13.8 Å². The van der Waals surface area contributed by atoms with Crippen molar-refractivity contribution in [3.63, 3.8) is 0 Å². The minimum Gasteiger partial charge on any atom is -0.268 e. The van der Waals surface area contributed by atoms with Gasteiger partial charge in [0.2, 0.25) is 0 Å².